The Morgan fingerprint density at radius 2 is 1.02 bits per heavy atom. The number of fused-ring (bicyclic) bond motifs is 2. The van der Waals surface area contributed by atoms with E-state index < -0.39 is 112 Å². The summed E-state index contributed by atoms with van der Waals surface area (Å²) in [6.07, 6.45) is -8.39. The van der Waals surface area contributed by atoms with Gasteiger partial charge >= 0.3 is 15.2 Å². The van der Waals surface area contributed by atoms with Gasteiger partial charge in [-0.25, -0.2) is 9.97 Å². The summed E-state index contributed by atoms with van der Waals surface area (Å²) < 4.78 is 47.7. The van der Waals surface area contributed by atoms with Gasteiger partial charge in [0, 0.05) is 11.1 Å². The van der Waals surface area contributed by atoms with Gasteiger partial charge < -0.3 is 81.0 Å². The maximum absolute atomic E-state index is 12.3. The fourth-order valence-electron chi connectivity index (χ4n) is 6.27. The Kier molecular flexibility index (Phi) is 15.4. The molecule has 6 heterocycles. The van der Waals surface area contributed by atoms with Crippen LogP contribution in [-0.2, 0) is 37.7 Å². The van der Waals surface area contributed by atoms with Crippen LogP contribution < -0.4 is 22.1 Å². The van der Waals surface area contributed by atoms with Crippen LogP contribution in [0.3, 0.4) is 0 Å². The van der Waals surface area contributed by atoms with E-state index >= 15 is 0 Å². The summed E-state index contributed by atoms with van der Waals surface area (Å²) in [5.74, 6) is -6.32. The highest BCUT2D eigenvalue weighted by Crippen LogP contribution is 2.44. The first-order valence-electron chi connectivity index (χ1n) is 18.7. The first-order chi connectivity index (χ1) is 29.4. The third-order valence-electron chi connectivity index (χ3n) is 8.96. The summed E-state index contributed by atoms with van der Waals surface area (Å²) in [5, 5.41) is 46.2. The first-order valence-corrected chi connectivity index (χ1v) is 22.8. The van der Waals surface area contributed by atoms with Gasteiger partial charge in [-0.1, -0.05) is 0 Å². The highest BCUT2D eigenvalue weighted by molar-refractivity contribution is 7.53. The van der Waals surface area contributed by atoms with Crippen LogP contribution >= 0.6 is 38.4 Å². The van der Waals surface area contributed by atoms with Crippen molar-refractivity contribution in [3.8, 4) is 0 Å². The molecule has 4 aromatic heterocycles. The summed E-state index contributed by atoms with van der Waals surface area (Å²) in [6.45, 7) is 8.57. The van der Waals surface area contributed by atoms with Crippen LogP contribution in [0, 0.1) is 0 Å². The molecule has 64 heavy (non-hydrogen) atoms. The average Bonchev–Trinajstić information content (AvgIpc) is 3.88. The maximum Gasteiger partial charge on any atom is 0.363 e. The molecule has 2 saturated heterocycles. The lowest BCUT2D eigenvalue weighted by Crippen LogP contribution is -2.47. The molecule has 2 fully saturated rings. The Morgan fingerprint density at radius 3 is 1.31 bits per heavy atom. The van der Waals surface area contributed by atoms with Crippen LogP contribution in [0.15, 0.2) is 12.7 Å². The van der Waals surface area contributed by atoms with Crippen molar-refractivity contribution in [3.05, 3.63) is 23.2 Å². The molecule has 4 aromatic rings. The van der Waals surface area contributed by atoms with Gasteiger partial charge in [-0.15, -0.1) is 0 Å². The molecule has 0 bridgehead atoms. The van der Waals surface area contributed by atoms with Gasteiger partial charge in [-0.05, 0) is 64.7 Å². The molecule has 32 heteroatoms. The van der Waals surface area contributed by atoms with Gasteiger partial charge in [0.25, 0.3) is 11.8 Å². The van der Waals surface area contributed by atoms with Gasteiger partial charge in [0.2, 0.25) is 22.3 Å². The highest BCUT2D eigenvalue weighted by atomic mass is 35.5. The smallest absolute Gasteiger partial charge is 0.363 e. The first kappa shape index (κ1) is 51.2. The predicted octanol–water partition coefficient (Wildman–Crippen LogP) is -1.77. The van der Waals surface area contributed by atoms with Gasteiger partial charge in [-0.3, -0.25) is 27.9 Å². The number of nitrogens with two attached hydrogens (primary N) is 2. The topological polar surface area (TPSA) is 430 Å². The second kappa shape index (κ2) is 19.2. The summed E-state index contributed by atoms with van der Waals surface area (Å²) in [4.78, 5) is 86.3. The minimum Gasteiger partial charge on any atom is -0.387 e. The van der Waals surface area contributed by atoms with Gasteiger partial charge in [-0.2, -0.15) is 19.9 Å². The maximum atomic E-state index is 12.3. The summed E-state index contributed by atoms with van der Waals surface area (Å²) in [6, 6.07) is 0. The lowest BCUT2D eigenvalue weighted by atomic mass is 10.1. The van der Waals surface area contributed by atoms with Gasteiger partial charge in [0.1, 0.15) is 47.7 Å². The molecule has 6 rings (SSSR count). The summed E-state index contributed by atoms with van der Waals surface area (Å²) in [5.41, 5.74) is 10.6. The van der Waals surface area contributed by atoms with Crippen molar-refractivity contribution in [3.63, 3.8) is 0 Å². The lowest BCUT2D eigenvalue weighted by molar-refractivity contribution is -0.135. The van der Waals surface area contributed by atoms with E-state index in [-0.39, 0.29) is 44.5 Å². The third kappa shape index (κ3) is 12.0. The normalized spacial score (nSPS) is 25.2. The number of hydrogen-bond acceptors (Lipinski definition) is 20. The monoisotopic (exact) mass is 988 g/mol. The largest absolute Gasteiger partial charge is 0.387 e. The molecule has 2 aliphatic rings. The van der Waals surface area contributed by atoms with Crippen LogP contribution in [0.1, 0.15) is 54.0 Å². The molecule has 0 unspecified atom stereocenters. The number of aliphatic hydroxyl groups is 4. The summed E-state index contributed by atoms with van der Waals surface area (Å²) in [7, 11) is -10.0. The van der Waals surface area contributed by atoms with E-state index in [9.17, 15) is 58.7 Å². The second-order valence-electron chi connectivity index (χ2n) is 16.5. The number of nitrogen functional groups attached to an aromatic ring is 2. The molecule has 0 aromatic carbocycles. The predicted molar refractivity (Wildman–Crippen MR) is 221 cm³/mol. The zero-order chi connectivity index (χ0) is 48.0. The molecule has 14 N–H and O–H groups in total. The van der Waals surface area contributed by atoms with Crippen molar-refractivity contribution in [2.24, 2.45) is 0 Å². The lowest BCUT2D eigenvalue weighted by Gasteiger charge is -2.26. The van der Waals surface area contributed by atoms with E-state index in [0.29, 0.717) is 0 Å². The van der Waals surface area contributed by atoms with E-state index in [1.807, 2.05) is 0 Å². The molecular formula is C32H48Cl2N12O16P2. The quantitative estimate of drug-likeness (QED) is 0.0552. The number of halogens is 2. The molecule has 2 aliphatic heterocycles. The fourth-order valence-corrected chi connectivity index (χ4v) is 7.92. The Bertz CT molecular complexity index is 2280. The molecule has 0 radical (unpaired) electrons. The minimum atomic E-state index is -5.01. The van der Waals surface area contributed by atoms with Crippen LogP contribution in [0.25, 0.3) is 22.3 Å². The summed E-state index contributed by atoms with van der Waals surface area (Å²) >= 11 is 11.7. The SMILES string of the molecule is CC(C)(C)NC(=O)[C@@H](OC[C@H]1O[C@@H](n2cnc3c(N)nc(Cl)nc32)[C@H](O)[C@@H]1O)P(=O)(O)O.CC(C)(C)NC(=O)[C@H](OC[C@H]1O[C@@H](n2cnc3c(N)nc(Cl)nc32)[C@H](O)[C@@H]1O)P(=O)(O)O. The van der Waals surface area contributed by atoms with Crippen LogP contribution in [0.4, 0.5) is 11.6 Å². The van der Waals surface area contributed by atoms with Crippen molar-refractivity contribution in [2.75, 3.05) is 24.7 Å². The number of rotatable bonds is 12. The number of nitrogens with one attached hydrogen (secondary N) is 2. The van der Waals surface area contributed by atoms with Gasteiger partial charge in [0.15, 0.2) is 35.4 Å². The zero-order valence-corrected chi connectivity index (χ0v) is 37.9. The Balaban J connectivity index is 0.000000241. The number of hydrogen-bond donors (Lipinski definition) is 12. The molecule has 0 spiro atoms. The van der Waals surface area contributed by atoms with E-state index in [1.54, 1.807) is 41.5 Å². The molecule has 10 atom stereocenters. The van der Waals surface area contributed by atoms with Crippen LogP contribution in [0.5, 0.6) is 0 Å². The highest BCUT2D eigenvalue weighted by Gasteiger charge is 2.48. The Hall–Kier alpha value is -3.80. The number of nitrogens with zero attached hydrogens (tertiary/aromatic N) is 8. The number of aromatic nitrogens is 8. The number of anilines is 2. The molecule has 28 nitrogen and oxygen atoms in total. The number of imidazole rings is 2. The molecule has 2 amide bonds. The number of carbonyl (C=O) groups excluding carboxylic acids is 2. The Morgan fingerprint density at radius 1 is 0.688 bits per heavy atom. The third-order valence-corrected chi connectivity index (χ3v) is 11.3. The van der Waals surface area contributed by atoms with E-state index in [4.69, 9.17) is 53.6 Å². The minimum absolute atomic E-state index is 0.000940. The van der Waals surface area contributed by atoms with Crippen molar-refractivity contribution < 1.29 is 77.7 Å². The molecule has 356 valence electrons. The number of amides is 2. The van der Waals surface area contributed by atoms with Crippen molar-refractivity contribution in [1.82, 2.24) is 49.7 Å². The van der Waals surface area contributed by atoms with E-state index in [2.05, 4.69) is 40.5 Å². The standard InChI is InChI=1S/2C16H24ClN6O8P/c2*1-16(2,3)22-12(26)14(32(27,28)29)30-4-6-8(24)9(25)13(31-6)23-5-19-7-10(18)20-15(17)21-11(7)23/h2*5-6,8-9,13-14,24-25H,4H2,1-3H3,(H,22,26)(H2,18,20,21)(H2,27,28,29)/t6-,8-,9-,13-,14+;6-,8-,9-,13-,14-/m11/s1. The van der Waals surface area contributed by atoms with Gasteiger partial charge in [0.05, 0.1) is 25.9 Å². The van der Waals surface area contributed by atoms with Crippen LogP contribution in [0.2, 0.25) is 10.6 Å². The second-order valence-corrected chi connectivity index (χ2v) is 20.5. The fraction of sp³-hybridized carbons (Fsp3) is 0.625. The van der Waals surface area contributed by atoms with E-state index in [1.165, 1.54) is 21.8 Å². The molecular weight excluding hydrogens is 941 g/mol. The van der Waals surface area contributed by atoms with Crippen molar-refractivity contribution in [2.45, 2.75) is 113 Å². The van der Waals surface area contributed by atoms with Crippen molar-refractivity contribution in [1.29, 1.82) is 0 Å². The number of ether oxygens (including phenoxy) is 4. The number of aliphatic hydroxyl groups excluding tert-OH is 4. The Labute approximate surface area is 371 Å². The van der Waals surface area contributed by atoms with E-state index in [0.717, 1.165) is 0 Å². The molecule has 0 saturated carbocycles. The van der Waals surface area contributed by atoms with Crippen LogP contribution in [-0.4, -0.2) is 163 Å². The molecule has 0 aliphatic carbocycles. The zero-order valence-electron chi connectivity index (χ0n) is 34.6. The number of carbonyl (C=O) groups is 2. The van der Waals surface area contributed by atoms with Crippen molar-refractivity contribution >= 4 is 84.2 Å². The average molecular weight is 990 g/mol.